The molecule has 5 heteroatoms. The van der Waals surface area contributed by atoms with Gasteiger partial charge in [-0.3, -0.25) is 4.79 Å². The lowest BCUT2D eigenvalue weighted by molar-refractivity contribution is 0.0751. The van der Waals surface area contributed by atoms with Crippen LogP contribution >= 0.6 is 15.9 Å². The number of rotatable bonds is 5. The summed E-state index contributed by atoms with van der Waals surface area (Å²) in [7, 11) is 0. The number of hydrogen-bond acceptors (Lipinski definition) is 3. The van der Waals surface area contributed by atoms with Crippen molar-refractivity contribution in [3.8, 4) is 11.5 Å². The van der Waals surface area contributed by atoms with Gasteiger partial charge in [-0.05, 0) is 17.7 Å². The molecule has 0 spiro atoms. The van der Waals surface area contributed by atoms with Gasteiger partial charge in [-0.15, -0.1) is 0 Å². The van der Waals surface area contributed by atoms with Gasteiger partial charge in [0.25, 0.3) is 5.91 Å². The van der Waals surface area contributed by atoms with Crippen LogP contribution in [0, 0.1) is 0 Å². The summed E-state index contributed by atoms with van der Waals surface area (Å²) in [5.41, 5.74) is 1.20. The molecule has 0 saturated heterocycles. The summed E-state index contributed by atoms with van der Waals surface area (Å²) in [6, 6.07) is 13.7. The fraction of sp³-hybridized carbons (Fsp3) is 0.188. The first-order valence-corrected chi connectivity index (χ1v) is 7.65. The van der Waals surface area contributed by atoms with E-state index in [1.54, 1.807) is 4.90 Å². The average molecular weight is 350 g/mol. The molecule has 1 amide bonds. The molecular formula is C16H16BrNO3. The van der Waals surface area contributed by atoms with Crippen LogP contribution in [-0.2, 0) is 6.54 Å². The summed E-state index contributed by atoms with van der Waals surface area (Å²) >= 11 is 3.34. The minimum atomic E-state index is -0.268. The lowest BCUT2D eigenvalue weighted by atomic mass is 10.1. The number of carbonyl (C=O) groups is 1. The van der Waals surface area contributed by atoms with E-state index in [2.05, 4.69) is 15.9 Å². The van der Waals surface area contributed by atoms with Crippen molar-refractivity contribution in [1.82, 2.24) is 4.90 Å². The second-order valence-corrected chi connectivity index (χ2v) is 5.40. The number of phenols is 2. The Morgan fingerprint density at radius 1 is 1.10 bits per heavy atom. The van der Waals surface area contributed by atoms with Crippen molar-refractivity contribution in [2.45, 2.75) is 6.54 Å². The predicted octanol–water partition coefficient (Wildman–Crippen LogP) is 3.14. The fourth-order valence-corrected chi connectivity index (χ4v) is 2.46. The molecule has 0 aliphatic heterocycles. The summed E-state index contributed by atoms with van der Waals surface area (Å²) in [5, 5.41) is 19.8. The first kappa shape index (κ1) is 15.4. The average Bonchev–Trinajstić information content (AvgIpc) is 2.47. The number of amides is 1. The van der Waals surface area contributed by atoms with Crippen LogP contribution in [0.3, 0.4) is 0 Å². The quantitative estimate of drug-likeness (QED) is 0.815. The van der Waals surface area contributed by atoms with Crippen LogP contribution in [-0.4, -0.2) is 32.9 Å². The lowest BCUT2D eigenvalue weighted by Crippen LogP contribution is -2.32. The highest BCUT2D eigenvalue weighted by Gasteiger charge is 2.19. The van der Waals surface area contributed by atoms with Crippen LogP contribution < -0.4 is 0 Å². The number of phenolic OH excluding ortho intramolecular Hbond substituents is 2. The van der Waals surface area contributed by atoms with Gasteiger partial charge in [-0.2, -0.15) is 0 Å². The van der Waals surface area contributed by atoms with Crippen molar-refractivity contribution in [3.05, 3.63) is 59.7 Å². The van der Waals surface area contributed by atoms with Crippen LogP contribution in [0.2, 0.25) is 0 Å². The molecule has 0 radical (unpaired) electrons. The van der Waals surface area contributed by atoms with E-state index in [-0.39, 0.29) is 23.0 Å². The Balaban J connectivity index is 2.23. The van der Waals surface area contributed by atoms with Crippen LogP contribution in [0.4, 0.5) is 0 Å². The molecule has 21 heavy (non-hydrogen) atoms. The van der Waals surface area contributed by atoms with Crippen molar-refractivity contribution in [2.24, 2.45) is 0 Å². The molecule has 0 fully saturated rings. The molecule has 0 bridgehead atoms. The van der Waals surface area contributed by atoms with Gasteiger partial charge in [0.2, 0.25) is 0 Å². The lowest BCUT2D eigenvalue weighted by Gasteiger charge is -2.22. The molecule has 0 atom stereocenters. The Kier molecular flexibility index (Phi) is 5.22. The van der Waals surface area contributed by atoms with E-state index in [1.165, 1.54) is 18.2 Å². The van der Waals surface area contributed by atoms with Gasteiger partial charge >= 0.3 is 0 Å². The highest BCUT2D eigenvalue weighted by Crippen LogP contribution is 2.24. The summed E-state index contributed by atoms with van der Waals surface area (Å²) in [5.74, 6) is -0.553. The molecule has 4 nitrogen and oxygen atoms in total. The van der Waals surface area contributed by atoms with Crippen LogP contribution in [0.1, 0.15) is 15.9 Å². The SMILES string of the molecule is O=C(c1ccc(O)cc1O)N(CCBr)Cc1ccccc1. The maximum absolute atomic E-state index is 12.5. The Bertz CT molecular complexity index is 616. The minimum Gasteiger partial charge on any atom is -0.508 e. The molecule has 0 unspecified atom stereocenters. The van der Waals surface area contributed by atoms with E-state index in [9.17, 15) is 15.0 Å². The smallest absolute Gasteiger partial charge is 0.257 e. The third-order valence-corrected chi connectivity index (χ3v) is 3.42. The molecule has 110 valence electrons. The van der Waals surface area contributed by atoms with Crippen molar-refractivity contribution in [3.63, 3.8) is 0 Å². The number of alkyl halides is 1. The standard InChI is InChI=1S/C16H16BrNO3/c17-8-9-18(11-12-4-2-1-3-5-12)16(21)14-7-6-13(19)10-15(14)20/h1-7,10,19-20H,8-9,11H2. The maximum atomic E-state index is 12.5. The highest BCUT2D eigenvalue weighted by atomic mass is 79.9. The number of aromatic hydroxyl groups is 2. The van der Waals surface area contributed by atoms with Crippen LogP contribution in [0.25, 0.3) is 0 Å². The first-order chi connectivity index (χ1) is 10.1. The van der Waals surface area contributed by atoms with Gasteiger partial charge in [0.15, 0.2) is 0 Å². The number of carbonyl (C=O) groups excluding carboxylic acids is 1. The number of hydrogen-bond donors (Lipinski definition) is 2. The summed E-state index contributed by atoms with van der Waals surface area (Å²) in [6.45, 7) is 0.986. The van der Waals surface area contributed by atoms with E-state index in [0.29, 0.717) is 18.4 Å². The molecule has 0 heterocycles. The van der Waals surface area contributed by atoms with E-state index >= 15 is 0 Å². The van der Waals surface area contributed by atoms with E-state index in [4.69, 9.17) is 0 Å². The zero-order chi connectivity index (χ0) is 15.2. The second-order valence-electron chi connectivity index (χ2n) is 4.60. The number of nitrogens with zero attached hydrogens (tertiary/aromatic N) is 1. The molecular weight excluding hydrogens is 334 g/mol. The van der Waals surface area contributed by atoms with Crippen LogP contribution in [0.5, 0.6) is 11.5 Å². The summed E-state index contributed by atoms with van der Waals surface area (Å²) in [4.78, 5) is 14.2. The summed E-state index contributed by atoms with van der Waals surface area (Å²) in [6.07, 6.45) is 0. The molecule has 2 N–H and O–H groups in total. The normalized spacial score (nSPS) is 10.3. The topological polar surface area (TPSA) is 60.8 Å². The third kappa shape index (κ3) is 3.98. The number of benzene rings is 2. The third-order valence-electron chi connectivity index (χ3n) is 3.07. The van der Waals surface area contributed by atoms with Gasteiger partial charge in [0.05, 0.1) is 5.56 Å². The molecule has 2 aromatic rings. The monoisotopic (exact) mass is 349 g/mol. The zero-order valence-corrected chi connectivity index (χ0v) is 13.0. The fourth-order valence-electron chi connectivity index (χ4n) is 2.03. The maximum Gasteiger partial charge on any atom is 0.257 e. The van der Waals surface area contributed by atoms with Gasteiger partial charge in [0, 0.05) is 24.5 Å². The van der Waals surface area contributed by atoms with Crippen molar-refractivity contribution in [1.29, 1.82) is 0 Å². The van der Waals surface area contributed by atoms with Crippen molar-refractivity contribution < 1.29 is 15.0 Å². The van der Waals surface area contributed by atoms with Crippen molar-refractivity contribution in [2.75, 3.05) is 11.9 Å². The van der Waals surface area contributed by atoms with Crippen LogP contribution in [0.15, 0.2) is 48.5 Å². The van der Waals surface area contributed by atoms with Gasteiger partial charge in [0.1, 0.15) is 11.5 Å². The van der Waals surface area contributed by atoms with E-state index < -0.39 is 0 Å². The number of halogens is 1. The Morgan fingerprint density at radius 2 is 1.81 bits per heavy atom. The molecule has 0 aromatic heterocycles. The molecule has 0 aliphatic rings. The Morgan fingerprint density at radius 3 is 2.43 bits per heavy atom. The largest absolute Gasteiger partial charge is 0.508 e. The van der Waals surface area contributed by atoms with Gasteiger partial charge in [-0.1, -0.05) is 46.3 Å². The Hall–Kier alpha value is -2.01. The second kappa shape index (κ2) is 7.13. The molecule has 2 aromatic carbocycles. The zero-order valence-electron chi connectivity index (χ0n) is 11.4. The Labute approximate surface area is 131 Å². The van der Waals surface area contributed by atoms with Gasteiger partial charge in [-0.25, -0.2) is 0 Å². The predicted molar refractivity (Wildman–Crippen MR) is 84.7 cm³/mol. The van der Waals surface area contributed by atoms with Crippen molar-refractivity contribution >= 4 is 21.8 Å². The molecule has 2 rings (SSSR count). The highest BCUT2D eigenvalue weighted by molar-refractivity contribution is 9.09. The summed E-state index contributed by atoms with van der Waals surface area (Å²) < 4.78 is 0. The molecule has 0 saturated carbocycles. The minimum absolute atomic E-state index is 0.0702. The van der Waals surface area contributed by atoms with E-state index in [1.807, 2.05) is 30.3 Å². The first-order valence-electron chi connectivity index (χ1n) is 6.53. The molecule has 0 aliphatic carbocycles. The van der Waals surface area contributed by atoms with E-state index in [0.717, 1.165) is 5.56 Å². The van der Waals surface area contributed by atoms with Gasteiger partial charge < -0.3 is 15.1 Å².